The normalized spacial score (nSPS) is 10.3. The molecule has 0 radical (unpaired) electrons. The molecule has 1 heterocycles. The van der Waals surface area contributed by atoms with Gasteiger partial charge in [0.15, 0.2) is 0 Å². The largest absolute Gasteiger partial charge is 0.348 e. The molecule has 1 N–H and O–H groups in total. The number of halogens is 2. The Bertz CT molecular complexity index is 599. The summed E-state index contributed by atoms with van der Waals surface area (Å²) in [6.07, 6.45) is 1.69. The maximum Gasteiger partial charge on any atom is 0.254 e. The Labute approximate surface area is 119 Å². The van der Waals surface area contributed by atoms with Gasteiger partial charge in [0, 0.05) is 18.4 Å². The van der Waals surface area contributed by atoms with E-state index in [-0.39, 0.29) is 10.0 Å². The van der Waals surface area contributed by atoms with Crippen molar-refractivity contribution in [2.75, 3.05) is 0 Å². The minimum atomic E-state index is -0.554. The van der Waals surface area contributed by atoms with Gasteiger partial charge in [-0.15, -0.1) is 0 Å². The highest BCUT2D eigenvalue weighted by Crippen LogP contribution is 2.18. The zero-order valence-electron chi connectivity index (χ0n) is 10.3. The molecular weight excluding hydrogens is 311 g/mol. The molecule has 19 heavy (non-hydrogen) atoms. The van der Waals surface area contributed by atoms with Crippen molar-refractivity contribution < 1.29 is 9.18 Å². The lowest BCUT2D eigenvalue weighted by Crippen LogP contribution is -2.24. The second-order valence-corrected chi connectivity index (χ2v) is 4.95. The Morgan fingerprint density at radius 3 is 2.84 bits per heavy atom. The Kier molecular flexibility index (Phi) is 4.27. The number of carbonyl (C=O) groups is 1. The maximum absolute atomic E-state index is 13.7. The molecule has 0 spiro atoms. The van der Waals surface area contributed by atoms with Crippen molar-refractivity contribution in [3.8, 4) is 0 Å². The number of benzene rings is 1. The molecular formula is C14H12BrFN2O. The van der Waals surface area contributed by atoms with Crippen LogP contribution in [0.2, 0.25) is 0 Å². The first kappa shape index (κ1) is 13.7. The Balaban J connectivity index is 2.05. The van der Waals surface area contributed by atoms with Crippen molar-refractivity contribution in [2.24, 2.45) is 0 Å². The van der Waals surface area contributed by atoms with E-state index in [1.54, 1.807) is 18.3 Å². The first-order valence-corrected chi connectivity index (χ1v) is 6.51. The van der Waals surface area contributed by atoms with Gasteiger partial charge in [-0.2, -0.15) is 0 Å². The second-order valence-electron chi connectivity index (χ2n) is 4.09. The van der Waals surface area contributed by atoms with E-state index in [1.807, 2.05) is 19.1 Å². The maximum atomic E-state index is 13.7. The number of aryl methyl sites for hydroxylation is 1. The number of aromatic nitrogens is 1. The fourth-order valence-corrected chi connectivity index (χ4v) is 1.93. The fourth-order valence-electron chi connectivity index (χ4n) is 1.56. The topological polar surface area (TPSA) is 42.0 Å². The minimum Gasteiger partial charge on any atom is -0.348 e. The zero-order chi connectivity index (χ0) is 13.8. The van der Waals surface area contributed by atoms with Crippen molar-refractivity contribution in [1.29, 1.82) is 0 Å². The average molecular weight is 323 g/mol. The van der Waals surface area contributed by atoms with Gasteiger partial charge in [-0.05, 0) is 46.6 Å². The van der Waals surface area contributed by atoms with Crippen LogP contribution in [0.5, 0.6) is 0 Å². The van der Waals surface area contributed by atoms with E-state index in [9.17, 15) is 9.18 Å². The van der Waals surface area contributed by atoms with Crippen LogP contribution in [0, 0.1) is 12.7 Å². The highest BCUT2D eigenvalue weighted by molar-refractivity contribution is 9.10. The quantitative estimate of drug-likeness (QED) is 0.942. The molecule has 0 saturated heterocycles. The molecule has 0 aliphatic heterocycles. The van der Waals surface area contributed by atoms with Gasteiger partial charge in [-0.3, -0.25) is 9.78 Å². The summed E-state index contributed by atoms with van der Waals surface area (Å²) in [6, 6.07) is 8.36. The molecule has 0 aliphatic rings. The van der Waals surface area contributed by atoms with Crippen molar-refractivity contribution in [3.05, 3.63) is 63.6 Å². The second kappa shape index (κ2) is 5.93. The van der Waals surface area contributed by atoms with Gasteiger partial charge in [0.05, 0.1) is 10.0 Å². The third-order valence-corrected chi connectivity index (χ3v) is 3.23. The van der Waals surface area contributed by atoms with E-state index >= 15 is 0 Å². The van der Waals surface area contributed by atoms with Crippen LogP contribution in [0.1, 0.15) is 21.6 Å². The third-order valence-electron chi connectivity index (χ3n) is 2.62. The van der Waals surface area contributed by atoms with E-state index in [0.717, 1.165) is 11.3 Å². The number of rotatable bonds is 3. The van der Waals surface area contributed by atoms with Crippen molar-refractivity contribution in [3.63, 3.8) is 0 Å². The molecule has 0 bridgehead atoms. The summed E-state index contributed by atoms with van der Waals surface area (Å²) in [5.74, 6) is -0.999. The Hall–Kier alpha value is -1.75. The predicted molar refractivity (Wildman–Crippen MR) is 74.2 cm³/mol. The van der Waals surface area contributed by atoms with Crippen LogP contribution in [0.3, 0.4) is 0 Å². The molecule has 0 unspecified atom stereocenters. The first-order chi connectivity index (χ1) is 9.08. The lowest BCUT2D eigenvalue weighted by Gasteiger charge is -2.07. The van der Waals surface area contributed by atoms with Crippen LogP contribution < -0.4 is 5.32 Å². The summed E-state index contributed by atoms with van der Waals surface area (Å²) in [5.41, 5.74) is 1.80. The molecule has 0 fully saturated rings. The summed E-state index contributed by atoms with van der Waals surface area (Å²) in [7, 11) is 0. The van der Waals surface area contributed by atoms with Crippen molar-refractivity contribution in [2.45, 2.75) is 13.5 Å². The highest BCUT2D eigenvalue weighted by Gasteiger charge is 2.13. The molecule has 98 valence electrons. The van der Waals surface area contributed by atoms with Crippen molar-refractivity contribution >= 4 is 21.8 Å². The number of amides is 1. The van der Waals surface area contributed by atoms with Crippen LogP contribution in [0.15, 0.2) is 41.0 Å². The summed E-state index contributed by atoms with van der Waals surface area (Å²) in [6.45, 7) is 2.21. The standard InChI is InChI=1S/C14H12BrFN2O/c1-9-5-6-10(7-17-9)8-18-14(19)11-3-2-4-12(15)13(11)16/h2-7H,8H2,1H3,(H,18,19). The summed E-state index contributed by atoms with van der Waals surface area (Å²) in [5, 5.41) is 2.66. The van der Waals surface area contributed by atoms with Crippen LogP contribution in [0.4, 0.5) is 4.39 Å². The monoisotopic (exact) mass is 322 g/mol. The summed E-state index contributed by atoms with van der Waals surface area (Å²) < 4.78 is 14.0. The van der Waals surface area contributed by atoms with Crippen LogP contribution >= 0.6 is 15.9 Å². The van der Waals surface area contributed by atoms with E-state index in [0.29, 0.717) is 6.54 Å². The van der Waals surface area contributed by atoms with E-state index in [4.69, 9.17) is 0 Å². The number of pyridine rings is 1. The van der Waals surface area contributed by atoms with Gasteiger partial charge in [-0.25, -0.2) is 4.39 Å². The number of nitrogens with one attached hydrogen (secondary N) is 1. The summed E-state index contributed by atoms with van der Waals surface area (Å²) >= 11 is 3.05. The van der Waals surface area contributed by atoms with Crippen LogP contribution in [-0.4, -0.2) is 10.9 Å². The molecule has 1 amide bonds. The van der Waals surface area contributed by atoms with Gasteiger partial charge in [-0.1, -0.05) is 12.1 Å². The molecule has 0 saturated carbocycles. The molecule has 2 aromatic rings. The highest BCUT2D eigenvalue weighted by atomic mass is 79.9. The molecule has 0 atom stereocenters. The SMILES string of the molecule is Cc1ccc(CNC(=O)c2cccc(Br)c2F)cn1. The van der Waals surface area contributed by atoms with Crippen LogP contribution in [-0.2, 0) is 6.54 Å². The molecule has 2 rings (SSSR count). The van der Waals surface area contributed by atoms with Gasteiger partial charge in [0.1, 0.15) is 5.82 Å². The van der Waals surface area contributed by atoms with Gasteiger partial charge in [0.25, 0.3) is 5.91 Å². The lowest BCUT2D eigenvalue weighted by atomic mass is 10.2. The minimum absolute atomic E-state index is 0.0226. The Morgan fingerprint density at radius 2 is 2.16 bits per heavy atom. The molecule has 1 aromatic heterocycles. The van der Waals surface area contributed by atoms with Crippen molar-refractivity contribution in [1.82, 2.24) is 10.3 Å². The van der Waals surface area contributed by atoms with E-state index in [2.05, 4.69) is 26.2 Å². The lowest BCUT2D eigenvalue weighted by molar-refractivity contribution is 0.0946. The van der Waals surface area contributed by atoms with E-state index < -0.39 is 11.7 Å². The molecule has 0 aliphatic carbocycles. The van der Waals surface area contributed by atoms with Crippen LogP contribution in [0.25, 0.3) is 0 Å². The van der Waals surface area contributed by atoms with Gasteiger partial charge < -0.3 is 5.32 Å². The number of hydrogen-bond acceptors (Lipinski definition) is 2. The predicted octanol–water partition coefficient (Wildman–Crippen LogP) is 3.22. The molecule has 3 nitrogen and oxygen atoms in total. The molecule has 1 aromatic carbocycles. The number of nitrogens with zero attached hydrogens (tertiary/aromatic N) is 1. The average Bonchev–Trinajstić information content (AvgIpc) is 2.41. The molecule has 5 heteroatoms. The number of carbonyl (C=O) groups excluding carboxylic acids is 1. The van der Waals surface area contributed by atoms with Gasteiger partial charge in [0.2, 0.25) is 0 Å². The summed E-state index contributed by atoms with van der Waals surface area (Å²) in [4.78, 5) is 16.0. The fraction of sp³-hybridized carbons (Fsp3) is 0.143. The zero-order valence-corrected chi connectivity index (χ0v) is 11.9. The number of hydrogen-bond donors (Lipinski definition) is 1. The van der Waals surface area contributed by atoms with E-state index in [1.165, 1.54) is 6.07 Å². The van der Waals surface area contributed by atoms with Gasteiger partial charge >= 0.3 is 0 Å². The smallest absolute Gasteiger partial charge is 0.254 e. The first-order valence-electron chi connectivity index (χ1n) is 5.71. The Morgan fingerprint density at radius 1 is 1.37 bits per heavy atom. The third kappa shape index (κ3) is 3.38.